The highest BCUT2D eigenvalue weighted by atomic mass is 16.4. The maximum Gasteiger partial charge on any atom is 0.330 e. The number of Topliss-reactive ketones (excluding diaryl/α,β-unsaturated/α-hetero) is 1. The Bertz CT molecular complexity index is 1310. The molecule has 0 unspecified atom stereocenters. The lowest BCUT2D eigenvalue weighted by Gasteiger charge is -2.30. The van der Waals surface area contributed by atoms with Crippen molar-refractivity contribution in [1.29, 1.82) is 0 Å². The Morgan fingerprint density at radius 3 is 2.08 bits per heavy atom. The molecule has 3 aromatic carbocycles. The van der Waals surface area contributed by atoms with Crippen molar-refractivity contribution in [2.45, 2.75) is 58.9 Å². The van der Waals surface area contributed by atoms with Crippen LogP contribution < -0.4 is 15.8 Å². The van der Waals surface area contributed by atoms with Crippen molar-refractivity contribution < 1.29 is 14.7 Å². The van der Waals surface area contributed by atoms with Crippen LogP contribution in [0.5, 0.6) is 0 Å². The fourth-order valence-electron chi connectivity index (χ4n) is 5.07. The summed E-state index contributed by atoms with van der Waals surface area (Å²) in [7, 11) is 0. The Balaban J connectivity index is 0.000000212. The monoisotopic (exact) mass is 540 g/mol. The molecule has 3 aromatic rings. The molecule has 1 aliphatic heterocycles. The predicted molar refractivity (Wildman–Crippen MR) is 166 cm³/mol. The number of nitrogens with zero attached hydrogens (tertiary/aromatic N) is 1. The van der Waals surface area contributed by atoms with Gasteiger partial charge in [0, 0.05) is 11.3 Å². The summed E-state index contributed by atoms with van der Waals surface area (Å²) < 4.78 is 0. The van der Waals surface area contributed by atoms with Crippen LogP contribution in [0.25, 0.3) is 12.2 Å². The maximum absolute atomic E-state index is 12.5. The standard InChI is InChI=1S/C19H25NO.C14H13NO2.C2H6/c1-2-15-9-11-20(12-10-15)14-19(21)18-8-7-16-5-3-4-6-17(16)13-18;16-14(17)13(11-7-3-1-4-8-11)15-12-9-5-2-6-10-12;1-2/h5-8,13,15H,2-4,9-12,14H2,1H3;1-10,13,15H,(H,16,17);1-2H3/t;13-;/m.1./s1. The Morgan fingerprint density at radius 2 is 1.48 bits per heavy atom. The van der Waals surface area contributed by atoms with E-state index in [1.165, 1.54) is 29.7 Å². The van der Waals surface area contributed by atoms with Gasteiger partial charge in [0.2, 0.25) is 0 Å². The highest BCUT2D eigenvalue weighted by Gasteiger charge is 2.20. The van der Waals surface area contributed by atoms with E-state index in [1.807, 2.05) is 68.4 Å². The van der Waals surface area contributed by atoms with Gasteiger partial charge in [0.05, 0.1) is 6.54 Å². The number of carboxylic acid groups (broad SMARTS) is 1. The molecule has 2 N–H and O–H groups in total. The van der Waals surface area contributed by atoms with Gasteiger partial charge in [-0.25, -0.2) is 4.79 Å². The molecule has 0 bridgehead atoms. The zero-order valence-electron chi connectivity index (χ0n) is 24.2. The first-order chi connectivity index (χ1) is 19.5. The number of carbonyl (C=O) groups excluding carboxylic acids is 1. The Kier molecular flexibility index (Phi) is 12.7. The van der Waals surface area contributed by atoms with E-state index in [9.17, 15) is 14.7 Å². The fraction of sp³-hybridized carbons (Fsp3) is 0.371. The minimum absolute atomic E-state index is 0.270. The van der Waals surface area contributed by atoms with Crippen molar-refractivity contribution >= 4 is 29.6 Å². The van der Waals surface area contributed by atoms with Crippen LogP contribution >= 0.6 is 0 Å². The highest BCUT2D eigenvalue weighted by molar-refractivity contribution is 5.97. The number of carbonyl (C=O) groups is 2. The number of para-hydroxylation sites is 1. The van der Waals surface area contributed by atoms with E-state index in [-0.39, 0.29) is 5.78 Å². The van der Waals surface area contributed by atoms with Gasteiger partial charge in [-0.3, -0.25) is 9.69 Å². The molecule has 0 saturated carbocycles. The third-order valence-corrected chi connectivity index (χ3v) is 7.42. The van der Waals surface area contributed by atoms with Crippen molar-refractivity contribution in [3.05, 3.63) is 100 Å². The summed E-state index contributed by atoms with van der Waals surface area (Å²) in [4.78, 5) is 26.0. The lowest BCUT2D eigenvalue weighted by Crippen LogP contribution is -2.37. The van der Waals surface area contributed by atoms with Crippen LogP contribution in [0, 0.1) is 5.92 Å². The van der Waals surface area contributed by atoms with Crippen molar-refractivity contribution in [3.8, 4) is 0 Å². The van der Waals surface area contributed by atoms with Crippen LogP contribution in [0.3, 0.4) is 0 Å². The number of hydrogen-bond acceptors (Lipinski definition) is 4. The zero-order chi connectivity index (χ0) is 28.7. The summed E-state index contributed by atoms with van der Waals surface area (Å²) in [5.74, 6) is 0.247. The van der Waals surface area contributed by atoms with Gasteiger partial charge in [-0.2, -0.15) is 0 Å². The van der Waals surface area contributed by atoms with E-state index in [1.54, 1.807) is 12.1 Å². The number of fused-ring (bicyclic) bond motifs is 1. The van der Waals surface area contributed by atoms with Crippen molar-refractivity contribution in [3.63, 3.8) is 0 Å². The van der Waals surface area contributed by atoms with Crippen LogP contribution in [0.15, 0.2) is 78.9 Å². The van der Waals surface area contributed by atoms with Gasteiger partial charge in [0.1, 0.15) is 0 Å². The van der Waals surface area contributed by atoms with Gasteiger partial charge in [-0.1, -0.05) is 100 Å². The predicted octanol–water partition coefficient (Wildman–Crippen LogP) is 6.30. The summed E-state index contributed by atoms with van der Waals surface area (Å²) in [6.45, 7) is 9.01. The summed E-state index contributed by atoms with van der Waals surface area (Å²) in [6.07, 6.45) is 10.5. The number of rotatable bonds is 8. The molecule has 0 spiro atoms. The van der Waals surface area contributed by atoms with Crippen LogP contribution in [0.1, 0.15) is 74.8 Å². The third-order valence-electron chi connectivity index (χ3n) is 7.42. The number of hydrogen-bond donors (Lipinski definition) is 2. The minimum atomic E-state index is -0.889. The number of benzene rings is 3. The van der Waals surface area contributed by atoms with E-state index < -0.39 is 12.0 Å². The third kappa shape index (κ3) is 9.20. The molecule has 5 rings (SSSR count). The van der Waals surface area contributed by atoms with Crippen molar-refractivity contribution in [2.75, 3.05) is 25.0 Å². The van der Waals surface area contributed by atoms with Gasteiger partial charge in [-0.15, -0.1) is 0 Å². The SMILES string of the molecule is CC.CCC1CCN(CC(=O)c2ccc3c(c2)=CCCC=3)CC1.O=C(O)[C@H](Nc1ccccc1)c1ccccc1. The first kappa shape index (κ1) is 30.8. The van der Waals surface area contributed by atoms with E-state index in [4.69, 9.17) is 0 Å². The van der Waals surface area contributed by atoms with Gasteiger partial charge < -0.3 is 10.4 Å². The van der Waals surface area contributed by atoms with Gasteiger partial charge in [0.25, 0.3) is 0 Å². The largest absolute Gasteiger partial charge is 0.479 e. The molecule has 212 valence electrons. The fourth-order valence-corrected chi connectivity index (χ4v) is 5.07. The second-order valence-corrected chi connectivity index (χ2v) is 10.1. The molecular weight excluding hydrogens is 496 g/mol. The smallest absolute Gasteiger partial charge is 0.330 e. The number of likely N-dealkylation sites (tertiary alicyclic amines) is 1. The Morgan fingerprint density at radius 1 is 0.875 bits per heavy atom. The highest BCUT2D eigenvalue weighted by Crippen LogP contribution is 2.20. The maximum atomic E-state index is 12.5. The molecule has 0 radical (unpaired) electrons. The van der Waals surface area contributed by atoms with Gasteiger partial charge in [-0.05, 0) is 78.9 Å². The average molecular weight is 541 g/mol. The zero-order valence-corrected chi connectivity index (χ0v) is 24.2. The van der Waals surface area contributed by atoms with Gasteiger partial charge >= 0.3 is 5.97 Å². The normalized spacial score (nSPS) is 15.4. The molecule has 0 amide bonds. The summed E-state index contributed by atoms with van der Waals surface area (Å²) in [6, 6.07) is 23.9. The minimum Gasteiger partial charge on any atom is -0.479 e. The molecule has 5 nitrogen and oxygen atoms in total. The summed E-state index contributed by atoms with van der Waals surface area (Å²) in [5.41, 5.74) is 2.41. The number of ketones is 1. The second-order valence-electron chi connectivity index (χ2n) is 10.1. The average Bonchev–Trinajstić information content (AvgIpc) is 3.02. The van der Waals surface area contributed by atoms with Crippen molar-refractivity contribution in [1.82, 2.24) is 4.90 Å². The van der Waals surface area contributed by atoms with E-state index >= 15 is 0 Å². The topological polar surface area (TPSA) is 69.6 Å². The number of anilines is 1. The Labute approximate surface area is 239 Å². The first-order valence-electron chi connectivity index (χ1n) is 14.7. The molecule has 1 heterocycles. The van der Waals surface area contributed by atoms with Crippen LogP contribution in [0.4, 0.5) is 5.69 Å². The van der Waals surface area contributed by atoms with E-state index in [2.05, 4.69) is 41.4 Å². The molecule has 40 heavy (non-hydrogen) atoms. The molecule has 1 saturated heterocycles. The number of carboxylic acids is 1. The molecule has 2 aliphatic rings. The number of aliphatic carboxylic acids is 1. The quantitative estimate of drug-likeness (QED) is 0.328. The summed E-state index contributed by atoms with van der Waals surface area (Å²) >= 11 is 0. The second kappa shape index (κ2) is 16.4. The van der Waals surface area contributed by atoms with E-state index in [0.717, 1.165) is 48.7 Å². The van der Waals surface area contributed by atoms with Crippen LogP contribution in [-0.2, 0) is 4.79 Å². The van der Waals surface area contributed by atoms with Crippen molar-refractivity contribution in [2.24, 2.45) is 5.92 Å². The molecule has 5 heteroatoms. The Hall–Kier alpha value is -3.70. The van der Waals surface area contributed by atoms with Crippen LogP contribution in [0.2, 0.25) is 0 Å². The molecule has 1 fully saturated rings. The number of nitrogens with one attached hydrogen (secondary N) is 1. The molecule has 1 aliphatic carbocycles. The number of piperidine rings is 1. The molecular formula is C35H44N2O3. The lowest BCUT2D eigenvalue weighted by atomic mass is 9.94. The molecule has 0 aromatic heterocycles. The molecule has 1 atom stereocenters. The summed E-state index contributed by atoms with van der Waals surface area (Å²) in [5, 5.41) is 14.7. The van der Waals surface area contributed by atoms with Gasteiger partial charge in [0.15, 0.2) is 11.8 Å². The first-order valence-corrected chi connectivity index (χ1v) is 14.7. The lowest BCUT2D eigenvalue weighted by molar-refractivity contribution is -0.138. The van der Waals surface area contributed by atoms with E-state index in [0.29, 0.717) is 6.54 Å². The van der Waals surface area contributed by atoms with Crippen LogP contribution in [-0.4, -0.2) is 41.4 Å².